The number of fused-ring (bicyclic) bond motifs is 5. The fourth-order valence-electron chi connectivity index (χ4n) is 12.9. The zero-order valence-corrected chi connectivity index (χ0v) is 50.2. The zero-order valence-electron chi connectivity index (χ0n) is 50.2. The van der Waals surface area contributed by atoms with Gasteiger partial charge in [-0.15, -0.1) is 0 Å². The quantitative estimate of drug-likeness (QED) is 0.0593. The van der Waals surface area contributed by atoms with Crippen LogP contribution in [0.4, 0.5) is 0 Å². The molecular weight excluding hydrogens is 1030 g/mol. The van der Waals surface area contributed by atoms with Crippen LogP contribution in [0.25, 0.3) is 89.4 Å². The Hall–Kier alpha value is -8.98. The summed E-state index contributed by atoms with van der Waals surface area (Å²) in [5, 5.41) is 4.89. The number of benzene rings is 11. The van der Waals surface area contributed by atoms with Gasteiger partial charge >= 0.3 is 0 Å². The molecule has 1 aliphatic rings. The molecule has 1 aliphatic heterocycles. The fraction of sp³-hybridized carbons (Fsp3) is 0.205. The van der Waals surface area contributed by atoms with Crippen LogP contribution in [0.2, 0.25) is 0 Å². The highest BCUT2D eigenvalue weighted by Crippen LogP contribution is 2.51. The van der Waals surface area contributed by atoms with Crippen molar-refractivity contribution >= 4 is 44.8 Å². The van der Waals surface area contributed by atoms with Crippen molar-refractivity contribution < 1.29 is 9.47 Å². The number of hydrogen-bond acceptors (Lipinski definition) is 2. The summed E-state index contributed by atoms with van der Waals surface area (Å²) in [6.07, 6.45) is 13.6. The van der Waals surface area contributed by atoms with Gasteiger partial charge in [-0.25, -0.2) is 0 Å². The van der Waals surface area contributed by atoms with Crippen LogP contribution >= 0.6 is 0 Å². The molecule has 0 amide bonds. The molecule has 0 saturated carbocycles. The number of hydrogen-bond donors (Lipinski definition) is 0. The molecule has 0 aliphatic carbocycles. The van der Waals surface area contributed by atoms with Crippen LogP contribution in [0, 0.1) is 25.7 Å². The maximum Gasteiger partial charge on any atom is 0.127 e. The predicted molar refractivity (Wildman–Crippen MR) is 363 cm³/mol. The minimum atomic E-state index is 0.375. The van der Waals surface area contributed by atoms with E-state index in [9.17, 15) is 0 Å². The van der Waals surface area contributed by atoms with E-state index in [1.807, 2.05) is 0 Å². The Balaban J connectivity index is 0.990. The van der Waals surface area contributed by atoms with E-state index >= 15 is 0 Å². The summed E-state index contributed by atoms with van der Waals surface area (Å²) in [7, 11) is 0. The van der Waals surface area contributed by atoms with Gasteiger partial charge in [0.25, 0.3) is 0 Å². The van der Waals surface area contributed by atoms with Crippen LogP contribution < -0.4 is 9.47 Å². The Morgan fingerprint density at radius 3 is 1.45 bits per heavy atom. The molecule has 0 spiro atoms. The first-order valence-electron chi connectivity index (χ1n) is 31.2. The summed E-state index contributed by atoms with van der Waals surface area (Å²) in [5.41, 5.74) is 22.7. The van der Waals surface area contributed by atoms with E-state index in [2.05, 4.69) is 283 Å². The minimum absolute atomic E-state index is 0.375. The first kappa shape index (κ1) is 56.5. The Morgan fingerprint density at radius 2 is 0.941 bits per heavy atom. The molecule has 2 atom stereocenters. The highest BCUT2D eigenvalue weighted by atomic mass is 16.5. The van der Waals surface area contributed by atoms with Gasteiger partial charge < -0.3 is 9.47 Å². The smallest absolute Gasteiger partial charge is 0.127 e. The molecule has 0 aromatic heterocycles. The van der Waals surface area contributed by atoms with Gasteiger partial charge in [0.05, 0.1) is 13.2 Å². The lowest BCUT2D eigenvalue weighted by Gasteiger charge is -2.26. The molecule has 0 saturated heterocycles. The van der Waals surface area contributed by atoms with Gasteiger partial charge in [-0.1, -0.05) is 265 Å². The topological polar surface area (TPSA) is 18.5 Å². The third kappa shape index (κ3) is 12.5. The fourth-order valence-corrected chi connectivity index (χ4v) is 12.9. The molecule has 0 N–H and O–H groups in total. The highest BCUT2D eigenvalue weighted by molar-refractivity contribution is 6.22. The molecule has 0 radical (unpaired) electrons. The highest BCUT2D eigenvalue weighted by Gasteiger charge is 2.26. The standard InChI is InChI=1S/C83H78O2/c1-6-9-25-59(8-3)55-84-80-53-73(68-42-37-60(38-43-68)50-75(64-27-15-11-16-28-64)65-29-17-12-18-30-65)57(4)47-78(80)82-70-35-23-24-36-71(70)83-77-52-62(41-46-72(77)82)49-63(26-10-7-2)56-85-81-54-74(58(5)48-79(81)83)69-44-39-61(40-45-69)51-76(66-31-19-13-20-32-66)67-33-21-14-22-34-67/h11-24,27-48,50-54,59,63H,6-10,25-26,49,55-56H2,1-5H3. The molecule has 2 bridgehead atoms. The van der Waals surface area contributed by atoms with Crippen molar-refractivity contribution in [2.45, 2.75) is 86.0 Å². The molecule has 85 heavy (non-hydrogen) atoms. The summed E-state index contributed by atoms with van der Waals surface area (Å²) >= 11 is 0. The van der Waals surface area contributed by atoms with E-state index in [1.54, 1.807) is 0 Å². The van der Waals surface area contributed by atoms with Gasteiger partial charge in [-0.05, 0) is 186 Å². The van der Waals surface area contributed by atoms with E-state index in [0.717, 1.165) is 65.9 Å². The molecule has 422 valence electrons. The number of rotatable bonds is 19. The molecule has 11 aromatic rings. The second kappa shape index (κ2) is 26.3. The SMILES string of the molecule is CCCCC(CC)COc1cc(-c2ccc(C=C(c3ccccc3)c3ccccc3)cc2)c(C)cc1-c1c2ccccc2c2c3cc(ccc13)CC(CCCC)COc1cc(-c3ccc(C=C(c4ccccc4)c4ccccc4)cc3)c(C)cc1-2. The summed E-state index contributed by atoms with van der Waals surface area (Å²) in [5.74, 6) is 2.71. The average molecular weight is 1110 g/mol. The third-order valence-electron chi connectivity index (χ3n) is 17.7. The van der Waals surface area contributed by atoms with E-state index in [4.69, 9.17) is 9.47 Å². The lowest BCUT2D eigenvalue weighted by atomic mass is 9.82. The number of ether oxygens (including phenoxy) is 2. The number of unbranched alkanes of at least 4 members (excludes halogenated alkanes) is 2. The van der Waals surface area contributed by atoms with Crippen molar-refractivity contribution in [1.82, 2.24) is 0 Å². The zero-order chi connectivity index (χ0) is 58.1. The molecule has 2 unspecified atom stereocenters. The monoisotopic (exact) mass is 1110 g/mol. The molecule has 12 rings (SSSR count). The van der Waals surface area contributed by atoms with Crippen LogP contribution in [0.5, 0.6) is 11.5 Å². The predicted octanol–water partition coefficient (Wildman–Crippen LogP) is 22.8. The lowest BCUT2D eigenvalue weighted by Crippen LogP contribution is -2.16. The van der Waals surface area contributed by atoms with Gasteiger partial charge in [0.2, 0.25) is 0 Å². The second-order valence-corrected chi connectivity index (χ2v) is 23.6. The molecule has 1 heterocycles. The van der Waals surface area contributed by atoms with E-state index in [1.165, 1.54) is 124 Å². The maximum absolute atomic E-state index is 7.29. The first-order chi connectivity index (χ1) is 41.8. The van der Waals surface area contributed by atoms with Gasteiger partial charge in [0.15, 0.2) is 0 Å². The van der Waals surface area contributed by atoms with Crippen molar-refractivity contribution in [2.75, 3.05) is 13.2 Å². The van der Waals surface area contributed by atoms with Gasteiger partial charge in [0, 0.05) is 22.3 Å². The summed E-state index contributed by atoms with van der Waals surface area (Å²) in [6.45, 7) is 12.8. The van der Waals surface area contributed by atoms with Crippen LogP contribution in [0.1, 0.15) is 116 Å². The third-order valence-corrected chi connectivity index (χ3v) is 17.7. The minimum Gasteiger partial charge on any atom is -0.493 e. The van der Waals surface area contributed by atoms with Crippen LogP contribution in [-0.2, 0) is 6.42 Å². The molecule has 0 fully saturated rings. The van der Waals surface area contributed by atoms with Gasteiger partial charge in [0.1, 0.15) is 11.5 Å². The Kier molecular flexibility index (Phi) is 17.5. The normalized spacial score (nSPS) is 13.2. The van der Waals surface area contributed by atoms with Crippen LogP contribution in [-0.4, -0.2) is 13.2 Å². The van der Waals surface area contributed by atoms with Crippen molar-refractivity contribution in [3.8, 4) is 56.0 Å². The summed E-state index contributed by atoms with van der Waals surface area (Å²) < 4.78 is 14.6. The van der Waals surface area contributed by atoms with Crippen LogP contribution in [0.3, 0.4) is 0 Å². The molecule has 11 aromatic carbocycles. The van der Waals surface area contributed by atoms with Crippen molar-refractivity contribution in [2.24, 2.45) is 11.8 Å². The van der Waals surface area contributed by atoms with Gasteiger partial charge in [-0.3, -0.25) is 0 Å². The van der Waals surface area contributed by atoms with Crippen molar-refractivity contribution in [3.63, 3.8) is 0 Å². The molecule has 2 heteroatoms. The largest absolute Gasteiger partial charge is 0.493 e. The Bertz CT molecular complexity index is 4050. The lowest BCUT2D eigenvalue weighted by molar-refractivity contribution is 0.234. The molecular formula is C83H78O2. The Morgan fingerprint density at radius 1 is 0.471 bits per heavy atom. The first-order valence-corrected chi connectivity index (χ1v) is 31.2. The van der Waals surface area contributed by atoms with E-state index < -0.39 is 0 Å². The summed E-state index contributed by atoms with van der Waals surface area (Å²) in [6, 6.07) is 87.0. The van der Waals surface area contributed by atoms with E-state index in [0.29, 0.717) is 25.0 Å². The van der Waals surface area contributed by atoms with Crippen LogP contribution in [0.15, 0.2) is 237 Å². The maximum atomic E-state index is 7.29. The molecule has 2 nitrogen and oxygen atoms in total. The van der Waals surface area contributed by atoms with E-state index in [-0.39, 0.29) is 0 Å². The second-order valence-electron chi connectivity index (χ2n) is 23.6. The van der Waals surface area contributed by atoms with Crippen molar-refractivity contribution in [1.29, 1.82) is 0 Å². The average Bonchev–Trinajstić information content (AvgIpc) is 1.14. The Labute approximate surface area is 505 Å². The summed E-state index contributed by atoms with van der Waals surface area (Å²) in [4.78, 5) is 0. The van der Waals surface area contributed by atoms with Crippen molar-refractivity contribution in [3.05, 3.63) is 287 Å². The van der Waals surface area contributed by atoms with Gasteiger partial charge in [-0.2, -0.15) is 0 Å². The number of aryl methyl sites for hydroxylation is 2.